The number of benzene rings is 3. The Labute approximate surface area is 176 Å². The summed E-state index contributed by atoms with van der Waals surface area (Å²) in [5.74, 6) is 1.83. The highest BCUT2D eigenvalue weighted by molar-refractivity contribution is 5.97. The molecule has 1 aliphatic heterocycles. The second kappa shape index (κ2) is 8.13. The van der Waals surface area contributed by atoms with E-state index in [4.69, 9.17) is 9.47 Å². The molecule has 152 valence electrons. The van der Waals surface area contributed by atoms with Gasteiger partial charge in [0.2, 0.25) is 0 Å². The van der Waals surface area contributed by atoms with Crippen LogP contribution in [0.3, 0.4) is 0 Å². The molecule has 0 amide bonds. The molecule has 5 heteroatoms. The van der Waals surface area contributed by atoms with Crippen molar-refractivity contribution in [1.82, 2.24) is 4.98 Å². The molecular weight excluding hydrogens is 374 g/mol. The highest BCUT2D eigenvalue weighted by Gasteiger charge is 2.12. The van der Waals surface area contributed by atoms with Gasteiger partial charge in [0.1, 0.15) is 11.6 Å². The monoisotopic (exact) mass is 399 g/mol. The number of aromatic nitrogens is 1. The molecule has 1 saturated heterocycles. The molecule has 4 aromatic rings. The number of para-hydroxylation sites is 1. The number of hydrogen-bond acceptors (Lipinski definition) is 4. The lowest BCUT2D eigenvalue weighted by molar-refractivity contribution is 0.122. The molecule has 0 aliphatic carbocycles. The molecule has 1 fully saturated rings. The molecule has 5 rings (SSSR count). The Morgan fingerprint density at radius 2 is 1.73 bits per heavy atom. The fourth-order valence-corrected chi connectivity index (χ4v) is 3.99. The molecule has 1 aromatic heterocycles. The summed E-state index contributed by atoms with van der Waals surface area (Å²) < 4.78 is 10.8. The maximum atomic E-state index is 5.44. The van der Waals surface area contributed by atoms with Crippen molar-refractivity contribution in [3.63, 3.8) is 0 Å². The van der Waals surface area contributed by atoms with Gasteiger partial charge in [-0.05, 0) is 48.0 Å². The van der Waals surface area contributed by atoms with Crippen LogP contribution in [0, 0.1) is 0 Å². The molecule has 0 radical (unpaired) electrons. The molecule has 3 aromatic carbocycles. The maximum absolute atomic E-state index is 5.44. The lowest BCUT2D eigenvalue weighted by atomic mass is 10.0. The number of rotatable bonds is 5. The summed E-state index contributed by atoms with van der Waals surface area (Å²) in [6.07, 6.45) is 0. The van der Waals surface area contributed by atoms with Crippen molar-refractivity contribution in [2.24, 2.45) is 0 Å². The van der Waals surface area contributed by atoms with Crippen molar-refractivity contribution >= 4 is 28.1 Å². The normalized spacial score (nSPS) is 14.1. The maximum Gasteiger partial charge on any atom is 0.119 e. The highest BCUT2D eigenvalue weighted by atomic mass is 16.5. The third-order valence-electron chi connectivity index (χ3n) is 5.56. The number of anilines is 3. The molecule has 0 saturated carbocycles. The average molecular weight is 399 g/mol. The molecule has 0 spiro atoms. The van der Waals surface area contributed by atoms with Crippen LogP contribution in [0.4, 0.5) is 17.2 Å². The van der Waals surface area contributed by atoms with Crippen LogP contribution >= 0.6 is 0 Å². The minimum Gasteiger partial charge on any atom is -0.497 e. The number of fused-ring (bicyclic) bond motifs is 1. The number of aromatic amines is 1. The van der Waals surface area contributed by atoms with Crippen LogP contribution in [0.2, 0.25) is 0 Å². The van der Waals surface area contributed by atoms with Crippen LogP contribution in [0.15, 0.2) is 72.8 Å². The fraction of sp³-hybridized carbons (Fsp3) is 0.200. The van der Waals surface area contributed by atoms with Gasteiger partial charge in [-0.2, -0.15) is 0 Å². The number of nitrogens with one attached hydrogen (secondary N) is 2. The van der Waals surface area contributed by atoms with E-state index in [2.05, 4.69) is 75.9 Å². The second-order valence-electron chi connectivity index (χ2n) is 7.46. The SMILES string of the molecule is COc1cccc(-c2cccc3cc(Nc4ccc(N5CCOCC5)cc4)[nH]c23)c1. The van der Waals surface area contributed by atoms with Gasteiger partial charge in [-0.25, -0.2) is 0 Å². The molecule has 0 bridgehead atoms. The van der Waals surface area contributed by atoms with Crippen molar-refractivity contribution in [3.05, 3.63) is 72.8 Å². The topological polar surface area (TPSA) is 49.5 Å². The summed E-state index contributed by atoms with van der Waals surface area (Å²) in [5.41, 5.74) is 5.69. The van der Waals surface area contributed by atoms with E-state index in [1.807, 2.05) is 12.1 Å². The Kier molecular flexibility index (Phi) is 5.03. The van der Waals surface area contributed by atoms with Gasteiger partial charge in [0.25, 0.3) is 0 Å². The molecule has 2 N–H and O–H groups in total. The predicted octanol–water partition coefficient (Wildman–Crippen LogP) is 5.42. The molecule has 1 aliphatic rings. The standard InChI is InChI=1S/C25H25N3O2/c1-29-22-6-2-4-18(16-22)23-7-3-5-19-17-24(27-25(19)23)26-20-8-10-21(11-9-20)28-12-14-30-15-13-28/h2-11,16-17,26-27H,12-15H2,1H3. The number of morpholine rings is 1. The number of hydrogen-bond donors (Lipinski definition) is 2. The zero-order chi connectivity index (χ0) is 20.3. The molecule has 0 atom stereocenters. The van der Waals surface area contributed by atoms with E-state index < -0.39 is 0 Å². The lowest BCUT2D eigenvalue weighted by Crippen LogP contribution is -2.36. The predicted molar refractivity (Wildman–Crippen MR) is 123 cm³/mol. The Balaban J connectivity index is 1.40. The molecule has 0 unspecified atom stereocenters. The molecule has 2 heterocycles. The molecule has 5 nitrogen and oxygen atoms in total. The van der Waals surface area contributed by atoms with Crippen LogP contribution in [0.5, 0.6) is 5.75 Å². The first-order valence-corrected chi connectivity index (χ1v) is 10.3. The van der Waals surface area contributed by atoms with E-state index in [-0.39, 0.29) is 0 Å². The van der Waals surface area contributed by atoms with Gasteiger partial charge < -0.3 is 24.7 Å². The first-order valence-electron chi connectivity index (χ1n) is 10.3. The Hall–Kier alpha value is -3.44. The summed E-state index contributed by atoms with van der Waals surface area (Å²) >= 11 is 0. The Morgan fingerprint density at radius 1 is 0.933 bits per heavy atom. The van der Waals surface area contributed by atoms with Gasteiger partial charge in [-0.15, -0.1) is 0 Å². The number of methoxy groups -OCH3 is 1. The quantitative estimate of drug-likeness (QED) is 0.470. The third kappa shape index (κ3) is 3.72. The fourth-order valence-electron chi connectivity index (χ4n) is 3.99. The van der Waals surface area contributed by atoms with Crippen LogP contribution in [-0.4, -0.2) is 38.4 Å². The van der Waals surface area contributed by atoms with Crippen molar-refractivity contribution in [2.75, 3.05) is 43.6 Å². The van der Waals surface area contributed by atoms with Gasteiger partial charge in [0.05, 0.1) is 25.8 Å². The first-order chi connectivity index (χ1) is 14.8. The van der Waals surface area contributed by atoms with Crippen LogP contribution < -0.4 is 15.0 Å². The first kappa shape index (κ1) is 18.6. The second-order valence-corrected chi connectivity index (χ2v) is 7.46. The average Bonchev–Trinajstić information content (AvgIpc) is 3.22. The van der Waals surface area contributed by atoms with Crippen LogP contribution in [0.1, 0.15) is 0 Å². The molecular formula is C25H25N3O2. The van der Waals surface area contributed by atoms with E-state index >= 15 is 0 Å². The number of ether oxygens (including phenoxy) is 2. The zero-order valence-corrected chi connectivity index (χ0v) is 17.0. The van der Waals surface area contributed by atoms with Gasteiger partial charge in [-0.1, -0.05) is 30.3 Å². The summed E-state index contributed by atoms with van der Waals surface area (Å²) in [7, 11) is 1.70. The van der Waals surface area contributed by atoms with Crippen molar-refractivity contribution in [1.29, 1.82) is 0 Å². The Bertz CT molecular complexity index is 1140. The van der Waals surface area contributed by atoms with Gasteiger partial charge >= 0.3 is 0 Å². The summed E-state index contributed by atoms with van der Waals surface area (Å²) in [5, 5.41) is 4.67. The Morgan fingerprint density at radius 3 is 2.53 bits per heavy atom. The summed E-state index contributed by atoms with van der Waals surface area (Å²) in [6.45, 7) is 3.49. The smallest absolute Gasteiger partial charge is 0.119 e. The van der Waals surface area contributed by atoms with Gasteiger partial charge in [0.15, 0.2) is 0 Å². The zero-order valence-electron chi connectivity index (χ0n) is 17.0. The van der Waals surface area contributed by atoms with Crippen LogP contribution in [0.25, 0.3) is 22.0 Å². The number of H-pyrrole nitrogens is 1. The van der Waals surface area contributed by atoms with Crippen LogP contribution in [-0.2, 0) is 4.74 Å². The van der Waals surface area contributed by atoms with Crippen molar-refractivity contribution in [3.8, 4) is 16.9 Å². The largest absolute Gasteiger partial charge is 0.497 e. The van der Waals surface area contributed by atoms with Crippen molar-refractivity contribution < 1.29 is 9.47 Å². The minimum atomic E-state index is 0.796. The van der Waals surface area contributed by atoms with Gasteiger partial charge in [0, 0.05) is 35.4 Å². The van der Waals surface area contributed by atoms with E-state index in [0.717, 1.165) is 60.2 Å². The van der Waals surface area contributed by atoms with Crippen molar-refractivity contribution in [2.45, 2.75) is 0 Å². The minimum absolute atomic E-state index is 0.796. The number of nitrogens with zero attached hydrogens (tertiary/aromatic N) is 1. The third-order valence-corrected chi connectivity index (χ3v) is 5.56. The van der Waals surface area contributed by atoms with E-state index in [1.165, 1.54) is 11.1 Å². The molecule has 30 heavy (non-hydrogen) atoms. The van der Waals surface area contributed by atoms with E-state index in [1.54, 1.807) is 7.11 Å². The summed E-state index contributed by atoms with van der Waals surface area (Å²) in [4.78, 5) is 5.91. The van der Waals surface area contributed by atoms with E-state index in [9.17, 15) is 0 Å². The van der Waals surface area contributed by atoms with Gasteiger partial charge in [-0.3, -0.25) is 0 Å². The highest BCUT2D eigenvalue weighted by Crippen LogP contribution is 2.32. The van der Waals surface area contributed by atoms with E-state index in [0.29, 0.717) is 0 Å². The summed E-state index contributed by atoms with van der Waals surface area (Å²) in [6, 6.07) is 25.2. The lowest BCUT2D eigenvalue weighted by Gasteiger charge is -2.28.